The third-order valence-corrected chi connectivity index (χ3v) is 1.66. The molecule has 1 atom stereocenters. The SMILES string of the molecule is CCC(C=O)Oc1ccc(F)cc1. The Morgan fingerprint density at radius 1 is 1.46 bits per heavy atom. The zero-order valence-electron chi connectivity index (χ0n) is 7.37. The van der Waals surface area contributed by atoms with E-state index >= 15 is 0 Å². The van der Waals surface area contributed by atoms with Crippen LogP contribution >= 0.6 is 0 Å². The highest BCUT2D eigenvalue weighted by Gasteiger charge is 2.05. The summed E-state index contributed by atoms with van der Waals surface area (Å²) in [4.78, 5) is 10.4. The van der Waals surface area contributed by atoms with Gasteiger partial charge in [-0.25, -0.2) is 4.39 Å². The Morgan fingerprint density at radius 3 is 2.54 bits per heavy atom. The van der Waals surface area contributed by atoms with Crippen LogP contribution in [0.1, 0.15) is 13.3 Å². The van der Waals surface area contributed by atoms with Crippen molar-refractivity contribution in [3.63, 3.8) is 0 Å². The average Bonchev–Trinajstić information content (AvgIpc) is 2.17. The van der Waals surface area contributed by atoms with Crippen molar-refractivity contribution in [2.45, 2.75) is 19.4 Å². The van der Waals surface area contributed by atoms with E-state index in [0.717, 1.165) is 6.29 Å². The quantitative estimate of drug-likeness (QED) is 0.667. The van der Waals surface area contributed by atoms with Crippen molar-refractivity contribution in [3.8, 4) is 5.75 Å². The molecule has 0 radical (unpaired) electrons. The lowest BCUT2D eigenvalue weighted by molar-refractivity contribution is -0.113. The Balaban J connectivity index is 2.63. The highest BCUT2D eigenvalue weighted by Crippen LogP contribution is 2.13. The predicted molar refractivity (Wildman–Crippen MR) is 47.2 cm³/mol. The van der Waals surface area contributed by atoms with Crippen LogP contribution in [0.15, 0.2) is 24.3 Å². The molecule has 0 saturated heterocycles. The molecular weight excluding hydrogens is 171 g/mol. The summed E-state index contributed by atoms with van der Waals surface area (Å²) in [5.74, 6) is 0.201. The van der Waals surface area contributed by atoms with E-state index < -0.39 is 6.10 Å². The zero-order valence-corrected chi connectivity index (χ0v) is 7.37. The van der Waals surface area contributed by atoms with Gasteiger partial charge in [-0.1, -0.05) is 6.92 Å². The van der Waals surface area contributed by atoms with E-state index in [9.17, 15) is 9.18 Å². The van der Waals surface area contributed by atoms with Crippen LogP contribution in [0.5, 0.6) is 5.75 Å². The van der Waals surface area contributed by atoms with Crippen LogP contribution in [0.3, 0.4) is 0 Å². The standard InChI is InChI=1S/C10H11FO2/c1-2-9(7-12)13-10-5-3-8(11)4-6-10/h3-7,9H,2H2,1H3. The highest BCUT2D eigenvalue weighted by molar-refractivity contribution is 5.56. The van der Waals surface area contributed by atoms with Gasteiger partial charge in [-0.2, -0.15) is 0 Å². The fourth-order valence-electron chi connectivity index (χ4n) is 0.895. The average molecular weight is 182 g/mol. The highest BCUT2D eigenvalue weighted by atomic mass is 19.1. The number of rotatable bonds is 4. The summed E-state index contributed by atoms with van der Waals surface area (Å²) in [6, 6.07) is 5.60. The summed E-state index contributed by atoms with van der Waals surface area (Å²) in [6.07, 6.45) is 0.912. The minimum Gasteiger partial charge on any atom is -0.483 e. The zero-order chi connectivity index (χ0) is 9.68. The third kappa shape index (κ3) is 2.86. The number of aldehydes is 1. The van der Waals surface area contributed by atoms with Crippen LogP contribution in [-0.2, 0) is 4.79 Å². The molecule has 0 amide bonds. The van der Waals surface area contributed by atoms with Crippen LogP contribution in [0.4, 0.5) is 4.39 Å². The smallest absolute Gasteiger partial charge is 0.160 e. The van der Waals surface area contributed by atoms with Crippen molar-refractivity contribution >= 4 is 6.29 Å². The molecular formula is C10H11FO2. The Bertz CT molecular complexity index is 269. The predicted octanol–water partition coefficient (Wildman–Crippen LogP) is 2.18. The van der Waals surface area contributed by atoms with E-state index in [0.29, 0.717) is 12.2 Å². The van der Waals surface area contributed by atoms with Gasteiger partial charge >= 0.3 is 0 Å². The Morgan fingerprint density at radius 2 is 2.08 bits per heavy atom. The molecule has 13 heavy (non-hydrogen) atoms. The molecule has 0 heterocycles. The van der Waals surface area contributed by atoms with Crippen molar-refractivity contribution in [2.75, 3.05) is 0 Å². The first kappa shape index (κ1) is 9.71. The van der Waals surface area contributed by atoms with Crippen LogP contribution in [0, 0.1) is 5.82 Å². The fraction of sp³-hybridized carbons (Fsp3) is 0.300. The summed E-state index contributed by atoms with van der Waals surface area (Å²) >= 11 is 0. The van der Waals surface area contributed by atoms with Gasteiger partial charge in [0.2, 0.25) is 0 Å². The lowest BCUT2D eigenvalue weighted by Gasteiger charge is -2.10. The van der Waals surface area contributed by atoms with E-state index in [1.54, 1.807) is 0 Å². The van der Waals surface area contributed by atoms with E-state index in [1.165, 1.54) is 24.3 Å². The van der Waals surface area contributed by atoms with Gasteiger partial charge in [0.25, 0.3) is 0 Å². The van der Waals surface area contributed by atoms with Gasteiger partial charge < -0.3 is 4.74 Å². The lowest BCUT2D eigenvalue weighted by Crippen LogP contribution is -2.16. The number of hydrogen-bond donors (Lipinski definition) is 0. The fourth-order valence-corrected chi connectivity index (χ4v) is 0.895. The minimum atomic E-state index is -0.439. The molecule has 0 aliphatic carbocycles. The molecule has 1 rings (SSSR count). The first-order chi connectivity index (χ1) is 6.26. The van der Waals surface area contributed by atoms with E-state index in [-0.39, 0.29) is 5.82 Å². The van der Waals surface area contributed by atoms with Gasteiger partial charge in [0.05, 0.1) is 0 Å². The van der Waals surface area contributed by atoms with Crippen LogP contribution in [-0.4, -0.2) is 12.4 Å². The summed E-state index contributed by atoms with van der Waals surface area (Å²) in [6.45, 7) is 1.85. The molecule has 70 valence electrons. The molecule has 3 heteroatoms. The van der Waals surface area contributed by atoms with Crippen molar-refractivity contribution in [1.29, 1.82) is 0 Å². The van der Waals surface area contributed by atoms with Crippen LogP contribution < -0.4 is 4.74 Å². The van der Waals surface area contributed by atoms with Crippen molar-refractivity contribution in [1.82, 2.24) is 0 Å². The van der Waals surface area contributed by atoms with Gasteiger partial charge in [0, 0.05) is 0 Å². The maximum absolute atomic E-state index is 12.5. The van der Waals surface area contributed by atoms with E-state index in [2.05, 4.69) is 0 Å². The first-order valence-electron chi connectivity index (χ1n) is 4.13. The Kier molecular flexibility index (Phi) is 3.43. The normalized spacial score (nSPS) is 12.2. The van der Waals surface area contributed by atoms with E-state index in [4.69, 9.17) is 4.74 Å². The maximum Gasteiger partial charge on any atom is 0.160 e. The second-order valence-corrected chi connectivity index (χ2v) is 2.65. The molecule has 0 bridgehead atoms. The molecule has 1 aromatic rings. The molecule has 0 aliphatic rings. The summed E-state index contributed by atoms with van der Waals surface area (Å²) in [5.41, 5.74) is 0. The molecule has 0 aromatic heterocycles. The van der Waals surface area contributed by atoms with Crippen molar-refractivity contribution in [3.05, 3.63) is 30.1 Å². The molecule has 1 unspecified atom stereocenters. The number of hydrogen-bond acceptors (Lipinski definition) is 2. The molecule has 1 aromatic carbocycles. The van der Waals surface area contributed by atoms with Crippen molar-refractivity contribution < 1.29 is 13.9 Å². The molecule has 0 N–H and O–H groups in total. The molecule has 2 nitrogen and oxygen atoms in total. The topological polar surface area (TPSA) is 26.3 Å². The largest absolute Gasteiger partial charge is 0.483 e. The van der Waals surface area contributed by atoms with Crippen molar-refractivity contribution in [2.24, 2.45) is 0 Å². The van der Waals surface area contributed by atoms with Gasteiger partial charge in [-0.15, -0.1) is 0 Å². The molecule has 0 spiro atoms. The number of benzene rings is 1. The summed E-state index contributed by atoms with van der Waals surface area (Å²) < 4.78 is 17.7. The van der Waals surface area contributed by atoms with E-state index in [1.807, 2.05) is 6.92 Å². The third-order valence-electron chi connectivity index (χ3n) is 1.66. The number of carbonyl (C=O) groups is 1. The van der Waals surface area contributed by atoms with Gasteiger partial charge in [0.15, 0.2) is 12.4 Å². The molecule has 0 aliphatic heterocycles. The number of ether oxygens (including phenoxy) is 1. The second-order valence-electron chi connectivity index (χ2n) is 2.65. The summed E-state index contributed by atoms with van der Waals surface area (Å²) in [7, 11) is 0. The molecule has 0 fully saturated rings. The number of carbonyl (C=O) groups excluding carboxylic acids is 1. The van der Waals surface area contributed by atoms with Gasteiger partial charge in [-0.3, -0.25) is 4.79 Å². The second kappa shape index (κ2) is 4.60. The maximum atomic E-state index is 12.5. The molecule has 0 saturated carbocycles. The lowest BCUT2D eigenvalue weighted by atomic mass is 10.3. The monoisotopic (exact) mass is 182 g/mol. The van der Waals surface area contributed by atoms with Gasteiger partial charge in [0.1, 0.15) is 11.6 Å². The van der Waals surface area contributed by atoms with Crippen LogP contribution in [0.25, 0.3) is 0 Å². The Labute approximate surface area is 76.3 Å². The van der Waals surface area contributed by atoms with Gasteiger partial charge in [-0.05, 0) is 30.7 Å². The number of halogens is 1. The Hall–Kier alpha value is -1.38. The first-order valence-corrected chi connectivity index (χ1v) is 4.13. The minimum absolute atomic E-state index is 0.313. The van der Waals surface area contributed by atoms with Crippen LogP contribution in [0.2, 0.25) is 0 Å². The summed E-state index contributed by atoms with van der Waals surface area (Å²) in [5, 5.41) is 0.